The molecule has 1 unspecified atom stereocenters. The number of carboxylic acid groups (broad SMARTS) is 1. The van der Waals surface area contributed by atoms with Crippen LogP contribution in [0.1, 0.15) is 24.2 Å². The fourth-order valence-electron chi connectivity index (χ4n) is 1.61. The third-order valence-corrected chi connectivity index (χ3v) is 2.65. The molecule has 4 heteroatoms. The molecule has 0 fully saturated rings. The van der Waals surface area contributed by atoms with E-state index in [0.717, 1.165) is 12.1 Å². The van der Waals surface area contributed by atoms with Crippen LogP contribution in [-0.4, -0.2) is 20.9 Å². The largest absolute Gasteiger partial charge is 0.480 e. The highest BCUT2D eigenvalue weighted by Gasteiger charge is 2.13. The minimum atomic E-state index is -0.876. The molecular weight excluding hydrogens is 216 g/mol. The van der Waals surface area contributed by atoms with Crippen molar-refractivity contribution in [3.8, 4) is 0 Å². The van der Waals surface area contributed by atoms with E-state index in [9.17, 15) is 4.79 Å². The molecule has 0 radical (unpaired) electrons. The first kappa shape index (κ1) is 11.4. The summed E-state index contributed by atoms with van der Waals surface area (Å²) in [6.07, 6.45) is 2.43. The van der Waals surface area contributed by atoms with Crippen molar-refractivity contribution < 1.29 is 9.90 Å². The van der Waals surface area contributed by atoms with E-state index in [1.54, 1.807) is 13.1 Å². The molecule has 1 aromatic heterocycles. The Balaban J connectivity index is 2.11. The first-order valence-corrected chi connectivity index (χ1v) is 5.47. The molecule has 2 aromatic rings. The van der Waals surface area contributed by atoms with Crippen molar-refractivity contribution in [1.82, 2.24) is 9.78 Å². The number of aromatic nitrogens is 2. The second kappa shape index (κ2) is 4.82. The van der Waals surface area contributed by atoms with Gasteiger partial charge in [-0.05, 0) is 18.6 Å². The minimum Gasteiger partial charge on any atom is -0.480 e. The molecule has 17 heavy (non-hydrogen) atoms. The lowest BCUT2D eigenvalue weighted by atomic mass is 10.1. The maximum atomic E-state index is 10.8. The van der Waals surface area contributed by atoms with Crippen LogP contribution < -0.4 is 0 Å². The molecule has 0 saturated heterocycles. The summed E-state index contributed by atoms with van der Waals surface area (Å²) in [5.41, 5.74) is 2.05. The summed E-state index contributed by atoms with van der Waals surface area (Å²) in [5.74, 6) is -0.876. The molecule has 4 nitrogen and oxygen atoms in total. The molecule has 1 atom stereocenters. The van der Waals surface area contributed by atoms with Crippen LogP contribution in [0.2, 0.25) is 0 Å². The number of benzene rings is 1. The second-order valence-corrected chi connectivity index (χ2v) is 3.96. The Bertz CT molecular complexity index is 505. The van der Waals surface area contributed by atoms with Gasteiger partial charge >= 0.3 is 5.97 Å². The van der Waals surface area contributed by atoms with Gasteiger partial charge in [-0.3, -0.25) is 4.68 Å². The Labute approximate surface area is 99.5 Å². The standard InChI is InChI=1S/C13H14N2O2/c1-10(13(16)17)15-8-7-12(14-15)9-11-5-3-2-4-6-11/h2-8,10H,9H2,1H3,(H,16,17). The Morgan fingerprint density at radius 2 is 2.06 bits per heavy atom. The van der Waals surface area contributed by atoms with Crippen molar-refractivity contribution in [2.24, 2.45) is 0 Å². The van der Waals surface area contributed by atoms with E-state index in [4.69, 9.17) is 5.11 Å². The van der Waals surface area contributed by atoms with E-state index in [0.29, 0.717) is 0 Å². The Morgan fingerprint density at radius 1 is 1.35 bits per heavy atom. The van der Waals surface area contributed by atoms with E-state index in [2.05, 4.69) is 5.10 Å². The zero-order valence-corrected chi connectivity index (χ0v) is 9.58. The second-order valence-electron chi connectivity index (χ2n) is 3.96. The van der Waals surface area contributed by atoms with Crippen LogP contribution in [0.25, 0.3) is 0 Å². The summed E-state index contributed by atoms with van der Waals surface area (Å²) in [6, 6.07) is 11.2. The molecule has 0 aliphatic rings. The van der Waals surface area contributed by atoms with Crippen molar-refractivity contribution in [1.29, 1.82) is 0 Å². The molecule has 0 aliphatic carbocycles. The Kier molecular flexibility index (Phi) is 3.23. The average molecular weight is 230 g/mol. The first-order chi connectivity index (χ1) is 8.16. The molecule has 0 aliphatic heterocycles. The van der Waals surface area contributed by atoms with Crippen LogP contribution in [0.5, 0.6) is 0 Å². The summed E-state index contributed by atoms with van der Waals surface area (Å²) in [6.45, 7) is 1.61. The third kappa shape index (κ3) is 2.72. The maximum absolute atomic E-state index is 10.8. The van der Waals surface area contributed by atoms with Crippen LogP contribution in [-0.2, 0) is 11.2 Å². The molecule has 0 saturated carbocycles. The average Bonchev–Trinajstić information content (AvgIpc) is 2.77. The summed E-state index contributed by atoms with van der Waals surface area (Å²) < 4.78 is 1.47. The summed E-state index contributed by atoms with van der Waals surface area (Å²) in [5, 5.41) is 13.1. The van der Waals surface area contributed by atoms with Gasteiger partial charge in [0.15, 0.2) is 0 Å². The van der Waals surface area contributed by atoms with E-state index in [1.807, 2.05) is 36.4 Å². The number of hydrogen-bond acceptors (Lipinski definition) is 2. The van der Waals surface area contributed by atoms with Crippen molar-refractivity contribution in [2.75, 3.05) is 0 Å². The molecule has 88 valence electrons. The predicted octanol–water partition coefficient (Wildman–Crippen LogP) is 2.12. The zero-order chi connectivity index (χ0) is 12.3. The van der Waals surface area contributed by atoms with Crippen molar-refractivity contribution in [3.63, 3.8) is 0 Å². The molecule has 0 bridgehead atoms. The quantitative estimate of drug-likeness (QED) is 0.875. The summed E-state index contributed by atoms with van der Waals surface area (Å²) >= 11 is 0. The first-order valence-electron chi connectivity index (χ1n) is 5.47. The SMILES string of the molecule is CC(C(=O)O)n1ccc(Cc2ccccc2)n1. The van der Waals surface area contributed by atoms with E-state index < -0.39 is 12.0 Å². The van der Waals surface area contributed by atoms with Gasteiger partial charge in [-0.15, -0.1) is 0 Å². The molecular formula is C13H14N2O2. The van der Waals surface area contributed by atoms with Gasteiger partial charge in [-0.2, -0.15) is 5.10 Å². The molecule has 1 heterocycles. The molecule has 0 spiro atoms. The van der Waals surface area contributed by atoms with Gasteiger partial charge in [0.2, 0.25) is 0 Å². The molecule has 1 aromatic carbocycles. The van der Waals surface area contributed by atoms with Gasteiger partial charge in [0.1, 0.15) is 6.04 Å². The highest BCUT2D eigenvalue weighted by molar-refractivity contribution is 5.71. The number of rotatable bonds is 4. The molecule has 2 rings (SSSR count). The van der Waals surface area contributed by atoms with Crippen LogP contribution in [0.3, 0.4) is 0 Å². The maximum Gasteiger partial charge on any atom is 0.328 e. The third-order valence-electron chi connectivity index (χ3n) is 2.65. The van der Waals surface area contributed by atoms with Crippen LogP contribution in [0.4, 0.5) is 0 Å². The minimum absolute atomic E-state index is 0.625. The number of nitrogens with zero attached hydrogens (tertiary/aromatic N) is 2. The number of aliphatic carboxylic acids is 1. The molecule has 1 N–H and O–H groups in total. The van der Waals surface area contributed by atoms with Gasteiger partial charge in [0.05, 0.1) is 5.69 Å². The zero-order valence-electron chi connectivity index (χ0n) is 9.58. The van der Waals surface area contributed by atoms with Gasteiger partial charge in [-0.1, -0.05) is 30.3 Å². The number of carboxylic acids is 1. The van der Waals surface area contributed by atoms with Gasteiger partial charge in [-0.25, -0.2) is 4.79 Å². The lowest BCUT2D eigenvalue weighted by molar-refractivity contribution is -0.140. The van der Waals surface area contributed by atoms with Crippen LogP contribution >= 0.6 is 0 Å². The molecule has 0 amide bonds. The fraction of sp³-hybridized carbons (Fsp3) is 0.231. The highest BCUT2D eigenvalue weighted by atomic mass is 16.4. The van der Waals surface area contributed by atoms with E-state index in [-0.39, 0.29) is 0 Å². The topological polar surface area (TPSA) is 55.1 Å². The smallest absolute Gasteiger partial charge is 0.328 e. The Morgan fingerprint density at radius 3 is 2.71 bits per heavy atom. The van der Waals surface area contributed by atoms with Gasteiger partial charge in [0.25, 0.3) is 0 Å². The lowest BCUT2D eigenvalue weighted by Gasteiger charge is -2.05. The van der Waals surface area contributed by atoms with E-state index >= 15 is 0 Å². The number of hydrogen-bond donors (Lipinski definition) is 1. The monoisotopic (exact) mass is 230 g/mol. The Hall–Kier alpha value is -2.10. The normalized spacial score (nSPS) is 12.3. The van der Waals surface area contributed by atoms with Crippen molar-refractivity contribution >= 4 is 5.97 Å². The van der Waals surface area contributed by atoms with Crippen molar-refractivity contribution in [3.05, 3.63) is 53.9 Å². The van der Waals surface area contributed by atoms with Crippen molar-refractivity contribution in [2.45, 2.75) is 19.4 Å². The van der Waals surface area contributed by atoms with Gasteiger partial charge in [0, 0.05) is 12.6 Å². The summed E-state index contributed by atoms with van der Waals surface area (Å²) in [4.78, 5) is 10.8. The summed E-state index contributed by atoms with van der Waals surface area (Å²) in [7, 11) is 0. The van der Waals surface area contributed by atoms with Crippen LogP contribution in [0, 0.1) is 0 Å². The van der Waals surface area contributed by atoms with E-state index in [1.165, 1.54) is 10.2 Å². The van der Waals surface area contributed by atoms with Crippen LogP contribution in [0.15, 0.2) is 42.6 Å². The predicted molar refractivity (Wildman–Crippen MR) is 63.8 cm³/mol. The highest BCUT2D eigenvalue weighted by Crippen LogP contribution is 2.10. The lowest BCUT2D eigenvalue weighted by Crippen LogP contribution is -2.16. The van der Waals surface area contributed by atoms with Gasteiger partial charge < -0.3 is 5.11 Å². The fourth-order valence-corrected chi connectivity index (χ4v) is 1.61. The number of carbonyl (C=O) groups is 1.